The van der Waals surface area contributed by atoms with E-state index in [4.69, 9.17) is 4.74 Å². The summed E-state index contributed by atoms with van der Waals surface area (Å²) in [6.07, 6.45) is 4.99. The Bertz CT molecular complexity index is 580. The molecule has 1 fully saturated rings. The molecule has 112 valence electrons. The quantitative estimate of drug-likeness (QED) is 0.923. The van der Waals surface area contributed by atoms with Crippen molar-refractivity contribution in [2.24, 2.45) is 0 Å². The Balaban J connectivity index is 2.32. The lowest BCUT2D eigenvalue weighted by Crippen LogP contribution is -2.35. The van der Waals surface area contributed by atoms with Crippen LogP contribution in [0.1, 0.15) is 24.8 Å². The van der Waals surface area contributed by atoms with Gasteiger partial charge < -0.3 is 10.1 Å². The van der Waals surface area contributed by atoms with Crippen LogP contribution in [-0.4, -0.2) is 34.4 Å². The molecule has 20 heavy (non-hydrogen) atoms. The highest BCUT2D eigenvalue weighted by molar-refractivity contribution is 7.90. The standard InChI is InChI=1S/C14H20FNO3S/c1-19-14-10(9-11-5-3-4-8-16-11)6-7-12(13(14)15)20(2,17)18/h6-7,11,16H,3-5,8-9H2,1-2H3. The van der Waals surface area contributed by atoms with Gasteiger partial charge in [-0.2, -0.15) is 0 Å². The van der Waals surface area contributed by atoms with Gasteiger partial charge in [0.05, 0.1) is 7.11 Å². The molecule has 4 nitrogen and oxygen atoms in total. The summed E-state index contributed by atoms with van der Waals surface area (Å²) in [6, 6.07) is 3.26. The first-order valence-electron chi connectivity index (χ1n) is 6.72. The number of ether oxygens (including phenoxy) is 1. The van der Waals surface area contributed by atoms with E-state index >= 15 is 0 Å². The molecule has 0 saturated carbocycles. The van der Waals surface area contributed by atoms with Crippen molar-refractivity contribution >= 4 is 9.84 Å². The molecule has 0 aromatic heterocycles. The number of piperidine rings is 1. The van der Waals surface area contributed by atoms with Gasteiger partial charge in [-0.15, -0.1) is 0 Å². The summed E-state index contributed by atoms with van der Waals surface area (Å²) in [5, 5.41) is 3.39. The lowest BCUT2D eigenvalue weighted by Gasteiger charge is -2.24. The first kappa shape index (κ1) is 15.3. The third-order valence-corrected chi connectivity index (χ3v) is 4.74. The zero-order chi connectivity index (χ0) is 14.8. The van der Waals surface area contributed by atoms with E-state index in [2.05, 4.69) is 5.32 Å². The van der Waals surface area contributed by atoms with Gasteiger partial charge in [0.15, 0.2) is 21.4 Å². The second-order valence-electron chi connectivity index (χ2n) is 5.19. The van der Waals surface area contributed by atoms with E-state index < -0.39 is 15.7 Å². The zero-order valence-electron chi connectivity index (χ0n) is 11.8. The van der Waals surface area contributed by atoms with E-state index in [1.54, 1.807) is 6.07 Å². The second-order valence-corrected chi connectivity index (χ2v) is 7.18. The summed E-state index contributed by atoms with van der Waals surface area (Å²) in [4.78, 5) is -0.310. The van der Waals surface area contributed by atoms with Gasteiger partial charge in [0.1, 0.15) is 4.90 Å². The van der Waals surface area contributed by atoms with Crippen LogP contribution >= 0.6 is 0 Å². The van der Waals surface area contributed by atoms with Crippen molar-refractivity contribution < 1.29 is 17.5 Å². The number of methoxy groups -OCH3 is 1. The van der Waals surface area contributed by atoms with Crippen LogP contribution in [0, 0.1) is 5.82 Å². The summed E-state index contributed by atoms with van der Waals surface area (Å²) in [7, 11) is -2.22. The molecule has 1 aliphatic rings. The maximum Gasteiger partial charge on any atom is 0.183 e. The van der Waals surface area contributed by atoms with Crippen LogP contribution < -0.4 is 10.1 Å². The molecule has 1 saturated heterocycles. The van der Waals surface area contributed by atoms with Crippen molar-refractivity contribution in [3.8, 4) is 5.75 Å². The van der Waals surface area contributed by atoms with Gasteiger partial charge in [0, 0.05) is 12.3 Å². The molecule has 0 radical (unpaired) electrons. The number of nitrogens with one attached hydrogen (secondary N) is 1. The minimum Gasteiger partial charge on any atom is -0.493 e. The monoisotopic (exact) mass is 301 g/mol. The molecule has 1 aliphatic heterocycles. The van der Waals surface area contributed by atoms with Crippen LogP contribution in [-0.2, 0) is 16.3 Å². The van der Waals surface area contributed by atoms with Crippen molar-refractivity contribution in [3.05, 3.63) is 23.5 Å². The number of halogens is 1. The number of hydrogen-bond donors (Lipinski definition) is 1. The minimum absolute atomic E-state index is 0.0419. The number of benzene rings is 1. The average molecular weight is 301 g/mol. The summed E-state index contributed by atoms with van der Waals surface area (Å²) >= 11 is 0. The maximum absolute atomic E-state index is 14.3. The summed E-state index contributed by atoms with van der Waals surface area (Å²) in [5.74, 6) is -0.747. The molecule has 2 rings (SSSR count). The first-order chi connectivity index (χ1) is 9.43. The fourth-order valence-electron chi connectivity index (χ4n) is 2.61. The molecule has 0 amide bonds. The first-order valence-corrected chi connectivity index (χ1v) is 8.61. The van der Waals surface area contributed by atoms with Crippen molar-refractivity contribution in [2.45, 2.75) is 36.6 Å². The normalized spacial score (nSPS) is 19.9. The molecule has 6 heteroatoms. The van der Waals surface area contributed by atoms with Crippen molar-refractivity contribution in [1.82, 2.24) is 5.32 Å². The zero-order valence-corrected chi connectivity index (χ0v) is 12.6. The predicted octanol–water partition coefficient (Wildman–Crippen LogP) is 1.92. The van der Waals surface area contributed by atoms with Crippen molar-refractivity contribution in [3.63, 3.8) is 0 Å². The van der Waals surface area contributed by atoms with Crippen molar-refractivity contribution in [2.75, 3.05) is 19.9 Å². The molecule has 0 bridgehead atoms. The highest BCUT2D eigenvalue weighted by Crippen LogP contribution is 2.30. The van der Waals surface area contributed by atoms with Gasteiger partial charge in [-0.25, -0.2) is 12.8 Å². The van der Waals surface area contributed by atoms with Gasteiger partial charge in [-0.05, 0) is 37.4 Å². The number of rotatable bonds is 4. The van der Waals surface area contributed by atoms with Crippen LogP contribution in [0.5, 0.6) is 5.75 Å². The average Bonchev–Trinajstić information content (AvgIpc) is 2.39. The second kappa shape index (κ2) is 6.10. The van der Waals surface area contributed by atoms with Gasteiger partial charge in [-0.1, -0.05) is 12.5 Å². The molecule has 1 aromatic carbocycles. The molecule has 1 N–H and O–H groups in total. The smallest absolute Gasteiger partial charge is 0.183 e. The maximum atomic E-state index is 14.3. The molecule has 1 unspecified atom stereocenters. The highest BCUT2D eigenvalue weighted by Gasteiger charge is 2.22. The van der Waals surface area contributed by atoms with Gasteiger partial charge in [0.2, 0.25) is 0 Å². The molecule has 1 heterocycles. The third kappa shape index (κ3) is 3.30. The van der Waals surface area contributed by atoms with Gasteiger partial charge in [-0.3, -0.25) is 0 Å². The number of sulfone groups is 1. The van der Waals surface area contributed by atoms with E-state index in [1.807, 2.05) is 0 Å². The van der Waals surface area contributed by atoms with E-state index in [1.165, 1.54) is 13.2 Å². The molecular formula is C14H20FNO3S. The van der Waals surface area contributed by atoms with Crippen LogP contribution in [0.15, 0.2) is 17.0 Å². The Morgan fingerprint density at radius 2 is 2.15 bits per heavy atom. The summed E-state index contributed by atoms with van der Waals surface area (Å²) in [5.41, 5.74) is 0.705. The Morgan fingerprint density at radius 3 is 2.70 bits per heavy atom. The van der Waals surface area contributed by atoms with E-state index in [-0.39, 0.29) is 10.6 Å². The fourth-order valence-corrected chi connectivity index (χ4v) is 3.34. The molecule has 1 atom stereocenters. The third-order valence-electron chi connectivity index (χ3n) is 3.63. The minimum atomic E-state index is -3.59. The van der Waals surface area contributed by atoms with Crippen LogP contribution in [0.25, 0.3) is 0 Å². The van der Waals surface area contributed by atoms with Crippen LogP contribution in [0.4, 0.5) is 4.39 Å². The fraction of sp³-hybridized carbons (Fsp3) is 0.571. The molecule has 1 aromatic rings. The number of hydrogen-bond acceptors (Lipinski definition) is 4. The topological polar surface area (TPSA) is 55.4 Å². The molecule has 0 spiro atoms. The SMILES string of the molecule is COc1c(CC2CCCCN2)ccc(S(C)(=O)=O)c1F. The largest absolute Gasteiger partial charge is 0.493 e. The van der Waals surface area contributed by atoms with Crippen LogP contribution in [0.3, 0.4) is 0 Å². The summed E-state index contributed by atoms with van der Waals surface area (Å²) < 4.78 is 42.4. The Morgan fingerprint density at radius 1 is 1.40 bits per heavy atom. The Labute approximate surface area is 119 Å². The van der Waals surface area contributed by atoms with E-state index in [9.17, 15) is 12.8 Å². The summed E-state index contributed by atoms with van der Waals surface area (Å²) in [6.45, 7) is 0.969. The van der Waals surface area contributed by atoms with E-state index in [0.29, 0.717) is 18.0 Å². The van der Waals surface area contributed by atoms with Crippen molar-refractivity contribution in [1.29, 1.82) is 0 Å². The highest BCUT2D eigenvalue weighted by atomic mass is 32.2. The van der Waals surface area contributed by atoms with Gasteiger partial charge in [0.25, 0.3) is 0 Å². The Kier molecular flexibility index (Phi) is 4.65. The Hall–Kier alpha value is -1.14. The molecule has 0 aliphatic carbocycles. The molecular weight excluding hydrogens is 281 g/mol. The van der Waals surface area contributed by atoms with Crippen LogP contribution in [0.2, 0.25) is 0 Å². The lowest BCUT2D eigenvalue weighted by atomic mass is 9.97. The predicted molar refractivity (Wildman–Crippen MR) is 75.4 cm³/mol. The van der Waals surface area contributed by atoms with Gasteiger partial charge >= 0.3 is 0 Å². The van der Waals surface area contributed by atoms with E-state index in [0.717, 1.165) is 32.1 Å². The lowest BCUT2D eigenvalue weighted by molar-refractivity contribution is 0.362.